The van der Waals surface area contributed by atoms with Gasteiger partial charge in [0.15, 0.2) is 0 Å². The van der Waals surface area contributed by atoms with Gasteiger partial charge >= 0.3 is 5.97 Å². The SMILES string of the molecule is O=C(O)c1cccnc1C(=O)Nc1ncn[nH]1. The van der Waals surface area contributed by atoms with Gasteiger partial charge in [-0.15, -0.1) is 0 Å². The van der Waals surface area contributed by atoms with Gasteiger partial charge in [-0.25, -0.2) is 9.89 Å². The standard InChI is InChI=1S/C9H7N5O3/c15-7(13-9-11-4-12-14-9)6-5(8(16)17)2-1-3-10-6/h1-4H,(H,16,17)(H2,11,12,13,14,15). The highest BCUT2D eigenvalue weighted by atomic mass is 16.4. The zero-order valence-corrected chi connectivity index (χ0v) is 8.41. The minimum Gasteiger partial charge on any atom is -0.478 e. The van der Waals surface area contributed by atoms with E-state index in [1.807, 2.05) is 0 Å². The molecule has 0 radical (unpaired) electrons. The van der Waals surface area contributed by atoms with E-state index in [0.29, 0.717) is 0 Å². The molecule has 8 nitrogen and oxygen atoms in total. The molecule has 0 bridgehead atoms. The Kier molecular flexibility index (Phi) is 2.77. The first-order valence-corrected chi connectivity index (χ1v) is 4.53. The molecule has 2 heterocycles. The van der Waals surface area contributed by atoms with Gasteiger partial charge in [-0.2, -0.15) is 10.1 Å². The molecule has 0 spiro atoms. The molecule has 86 valence electrons. The maximum atomic E-state index is 11.7. The Bertz CT molecular complexity index is 552. The zero-order valence-electron chi connectivity index (χ0n) is 8.41. The number of nitrogens with one attached hydrogen (secondary N) is 2. The van der Waals surface area contributed by atoms with E-state index in [1.54, 1.807) is 0 Å². The highest BCUT2D eigenvalue weighted by Gasteiger charge is 2.18. The Morgan fingerprint density at radius 3 is 2.82 bits per heavy atom. The van der Waals surface area contributed by atoms with E-state index >= 15 is 0 Å². The summed E-state index contributed by atoms with van der Waals surface area (Å²) in [6.07, 6.45) is 2.55. The number of pyridine rings is 1. The number of amides is 1. The monoisotopic (exact) mass is 233 g/mol. The molecule has 8 heteroatoms. The molecular weight excluding hydrogens is 226 g/mol. The summed E-state index contributed by atoms with van der Waals surface area (Å²) in [4.78, 5) is 30.0. The average Bonchev–Trinajstić information content (AvgIpc) is 2.81. The number of hydrogen-bond acceptors (Lipinski definition) is 5. The van der Waals surface area contributed by atoms with Crippen LogP contribution >= 0.6 is 0 Å². The van der Waals surface area contributed by atoms with Gasteiger partial charge in [-0.05, 0) is 12.1 Å². The molecule has 2 rings (SSSR count). The van der Waals surface area contributed by atoms with Crippen molar-refractivity contribution in [3.05, 3.63) is 35.9 Å². The van der Waals surface area contributed by atoms with Gasteiger partial charge < -0.3 is 5.11 Å². The number of rotatable bonds is 3. The van der Waals surface area contributed by atoms with Crippen LogP contribution in [0.5, 0.6) is 0 Å². The van der Waals surface area contributed by atoms with E-state index < -0.39 is 11.9 Å². The number of aromatic carboxylic acids is 1. The molecule has 0 saturated carbocycles. The number of aromatic nitrogens is 4. The summed E-state index contributed by atoms with van der Waals surface area (Å²) in [7, 11) is 0. The molecule has 0 unspecified atom stereocenters. The second kappa shape index (κ2) is 4.39. The van der Waals surface area contributed by atoms with Gasteiger partial charge in [0.25, 0.3) is 5.91 Å². The minimum atomic E-state index is -1.22. The molecule has 0 aliphatic rings. The Labute approximate surface area is 94.7 Å². The second-order valence-electron chi connectivity index (χ2n) is 2.99. The van der Waals surface area contributed by atoms with Crippen molar-refractivity contribution < 1.29 is 14.7 Å². The molecule has 3 N–H and O–H groups in total. The molecule has 2 aromatic rings. The normalized spacial score (nSPS) is 9.88. The fraction of sp³-hybridized carbons (Fsp3) is 0. The van der Waals surface area contributed by atoms with E-state index in [0.717, 1.165) is 0 Å². The lowest BCUT2D eigenvalue weighted by Crippen LogP contribution is -2.18. The van der Waals surface area contributed by atoms with Crippen LogP contribution in [-0.2, 0) is 0 Å². The summed E-state index contributed by atoms with van der Waals surface area (Å²) in [5.74, 6) is -1.77. The van der Waals surface area contributed by atoms with Crippen LogP contribution in [0.15, 0.2) is 24.7 Å². The number of nitrogens with zero attached hydrogens (tertiary/aromatic N) is 3. The molecule has 0 aliphatic carbocycles. The Hall–Kier alpha value is -2.77. The fourth-order valence-corrected chi connectivity index (χ4v) is 1.19. The van der Waals surface area contributed by atoms with E-state index in [9.17, 15) is 9.59 Å². The molecule has 0 fully saturated rings. The summed E-state index contributed by atoms with van der Waals surface area (Å²) in [5.41, 5.74) is -0.360. The molecule has 0 aliphatic heterocycles. The molecular formula is C9H7N5O3. The molecule has 0 saturated heterocycles. The van der Waals surface area contributed by atoms with Crippen molar-refractivity contribution in [3.8, 4) is 0 Å². The largest absolute Gasteiger partial charge is 0.478 e. The lowest BCUT2D eigenvalue weighted by atomic mass is 10.2. The first kappa shape index (κ1) is 10.7. The Balaban J connectivity index is 2.28. The Morgan fingerprint density at radius 1 is 1.35 bits per heavy atom. The van der Waals surface area contributed by atoms with Crippen molar-refractivity contribution >= 4 is 17.8 Å². The van der Waals surface area contributed by atoms with Crippen LogP contribution in [0, 0.1) is 0 Å². The fourth-order valence-electron chi connectivity index (χ4n) is 1.19. The highest BCUT2D eigenvalue weighted by Crippen LogP contribution is 2.07. The van der Waals surface area contributed by atoms with Crippen molar-refractivity contribution in [2.75, 3.05) is 5.32 Å². The van der Waals surface area contributed by atoms with Gasteiger partial charge in [-0.3, -0.25) is 15.1 Å². The van der Waals surface area contributed by atoms with E-state index in [1.165, 1.54) is 24.7 Å². The van der Waals surface area contributed by atoms with Crippen LogP contribution < -0.4 is 5.32 Å². The van der Waals surface area contributed by atoms with Crippen molar-refractivity contribution in [2.45, 2.75) is 0 Å². The molecule has 0 aromatic carbocycles. The van der Waals surface area contributed by atoms with Gasteiger partial charge in [0, 0.05) is 6.20 Å². The maximum Gasteiger partial charge on any atom is 0.338 e. The lowest BCUT2D eigenvalue weighted by molar-refractivity contribution is 0.0691. The number of carbonyl (C=O) groups excluding carboxylic acids is 1. The summed E-state index contributed by atoms with van der Waals surface area (Å²) in [6.45, 7) is 0. The zero-order chi connectivity index (χ0) is 12.3. The number of carboxylic acids is 1. The predicted molar refractivity (Wildman–Crippen MR) is 55.5 cm³/mol. The number of carboxylic acid groups (broad SMARTS) is 1. The van der Waals surface area contributed by atoms with Crippen molar-refractivity contribution in [1.82, 2.24) is 20.2 Å². The first-order valence-electron chi connectivity index (χ1n) is 4.53. The number of aromatic amines is 1. The topological polar surface area (TPSA) is 121 Å². The summed E-state index contributed by atoms with van der Waals surface area (Å²) in [5, 5.41) is 17.2. The summed E-state index contributed by atoms with van der Waals surface area (Å²) >= 11 is 0. The van der Waals surface area contributed by atoms with Gasteiger partial charge in [0.1, 0.15) is 12.0 Å². The number of anilines is 1. The number of H-pyrrole nitrogens is 1. The summed E-state index contributed by atoms with van der Waals surface area (Å²) < 4.78 is 0. The third-order valence-corrected chi connectivity index (χ3v) is 1.90. The molecule has 17 heavy (non-hydrogen) atoms. The van der Waals surface area contributed by atoms with Crippen molar-refractivity contribution in [3.63, 3.8) is 0 Å². The smallest absolute Gasteiger partial charge is 0.338 e. The van der Waals surface area contributed by atoms with Crippen LogP contribution in [-0.4, -0.2) is 37.1 Å². The quantitative estimate of drug-likeness (QED) is 0.693. The highest BCUT2D eigenvalue weighted by molar-refractivity contribution is 6.08. The van der Waals surface area contributed by atoms with Gasteiger partial charge in [0.2, 0.25) is 5.95 Å². The first-order chi connectivity index (χ1) is 8.18. The minimum absolute atomic E-state index is 0.122. The maximum absolute atomic E-state index is 11.7. The van der Waals surface area contributed by atoms with Crippen LogP contribution in [0.25, 0.3) is 0 Å². The van der Waals surface area contributed by atoms with Crippen LogP contribution in [0.3, 0.4) is 0 Å². The molecule has 1 amide bonds. The van der Waals surface area contributed by atoms with E-state index in [2.05, 4.69) is 25.5 Å². The number of hydrogen-bond donors (Lipinski definition) is 3. The predicted octanol–water partition coefficient (Wildman–Crippen LogP) is 0.150. The Morgan fingerprint density at radius 2 is 2.18 bits per heavy atom. The van der Waals surface area contributed by atoms with Gasteiger partial charge in [-0.1, -0.05) is 0 Å². The average molecular weight is 233 g/mol. The van der Waals surface area contributed by atoms with E-state index in [-0.39, 0.29) is 17.2 Å². The molecule has 0 atom stereocenters. The molecule has 2 aromatic heterocycles. The lowest BCUT2D eigenvalue weighted by Gasteiger charge is -2.03. The summed E-state index contributed by atoms with van der Waals surface area (Å²) in [6, 6.07) is 2.74. The second-order valence-corrected chi connectivity index (χ2v) is 2.99. The van der Waals surface area contributed by atoms with Crippen LogP contribution in [0.2, 0.25) is 0 Å². The third kappa shape index (κ3) is 2.25. The third-order valence-electron chi connectivity index (χ3n) is 1.90. The van der Waals surface area contributed by atoms with Crippen molar-refractivity contribution in [1.29, 1.82) is 0 Å². The number of carbonyl (C=O) groups is 2. The van der Waals surface area contributed by atoms with Crippen molar-refractivity contribution in [2.24, 2.45) is 0 Å². The van der Waals surface area contributed by atoms with E-state index in [4.69, 9.17) is 5.11 Å². The van der Waals surface area contributed by atoms with Crippen LogP contribution in [0.1, 0.15) is 20.8 Å². The van der Waals surface area contributed by atoms with Gasteiger partial charge in [0.05, 0.1) is 5.56 Å². The van der Waals surface area contributed by atoms with Crippen LogP contribution in [0.4, 0.5) is 5.95 Å².